The lowest BCUT2D eigenvalue weighted by molar-refractivity contribution is 0.204. The van der Waals surface area contributed by atoms with Crippen LogP contribution in [0.4, 0.5) is 0 Å². The van der Waals surface area contributed by atoms with E-state index in [1.807, 2.05) is 6.07 Å². The molecule has 0 amide bonds. The third-order valence-corrected chi connectivity index (χ3v) is 2.71. The van der Waals surface area contributed by atoms with E-state index in [0.29, 0.717) is 6.61 Å². The highest BCUT2D eigenvalue weighted by Gasteiger charge is 2.19. The van der Waals surface area contributed by atoms with Crippen molar-refractivity contribution >= 4 is 10.2 Å². The van der Waals surface area contributed by atoms with Gasteiger partial charge in [-0.3, -0.25) is 0 Å². The zero-order valence-electron chi connectivity index (χ0n) is 9.20. The molecule has 0 saturated carbocycles. The Morgan fingerprint density at radius 2 is 2.00 bits per heavy atom. The van der Waals surface area contributed by atoms with E-state index < -0.39 is 15.6 Å². The van der Waals surface area contributed by atoms with Crippen LogP contribution in [-0.4, -0.2) is 35.2 Å². The van der Waals surface area contributed by atoms with Crippen LogP contribution >= 0.6 is 0 Å². The topological polar surface area (TPSA) is 91.2 Å². The molecule has 6 nitrogen and oxygen atoms in total. The van der Waals surface area contributed by atoms with Gasteiger partial charge in [0.25, 0.3) is 10.2 Å². The molecule has 0 rings (SSSR count). The number of rotatable bonds is 7. The minimum absolute atomic E-state index is 0.0752. The second-order valence-corrected chi connectivity index (χ2v) is 5.29. The smallest absolute Gasteiger partial charge is 0.277 e. The molecule has 2 N–H and O–H groups in total. The first-order valence-corrected chi connectivity index (χ1v) is 5.96. The second-order valence-electron chi connectivity index (χ2n) is 3.71. The van der Waals surface area contributed by atoms with Crippen molar-refractivity contribution in [2.24, 2.45) is 5.41 Å². The van der Waals surface area contributed by atoms with Crippen LogP contribution in [0.5, 0.6) is 0 Å². The molecular formula is C8H17N3O3S. The number of hydrogen-bond acceptors (Lipinski definition) is 4. The van der Waals surface area contributed by atoms with E-state index in [1.165, 1.54) is 7.11 Å². The fourth-order valence-corrected chi connectivity index (χ4v) is 1.65. The van der Waals surface area contributed by atoms with Crippen LogP contribution in [0.1, 0.15) is 13.8 Å². The Kier molecular flexibility index (Phi) is 5.75. The molecule has 0 aliphatic heterocycles. The number of hydrogen-bond donors (Lipinski definition) is 2. The van der Waals surface area contributed by atoms with Crippen molar-refractivity contribution in [3.8, 4) is 6.07 Å². The maximum atomic E-state index is 11.3. The highest BCUT2D eigenvalue weighted by molar-refractivity contribution is 7.87. The lowest BCUT2D eigenvalue weighted by Gasteiger charge is -2.16. The van der Waals surface area contributed by atoms with E-state index in [-0.39, 0.29) is 13.1 Å². The second kappa shape index (κ2) is 6.02. The van der Waals surface area contributed by atoms with E-state index in [4.69, 9.17) is 10.00 Å². The van der Waals surface area contributed by atoms with Crippen LogP contribution in [0.3, 0.4) is 0 Å². The van der Waals surface area contributed by atoms with Crippen molar-refractivity contribution in [3.63, 3.8) is 0 Å². The standard InChI is InChI=1S/C8H17N3O3S/c1-8(2,6-9)7-11-15(12,13)10-4-5-14-3/h10-11H,4-5,7H2,1-3H3. The molecule has 88 valence electrons. The lowest BCUT2D eigenvalue weighted by Crippen LogP contribution is -2.42. The van der Waals surface area contributed by atoms with Gasteiger partial charge in [0, 0.05) is 20.2 Å². The van der Waals surface area contributed by atoms with Crippen molar-refractivity contribution in [1.82, 2.24) is 9.44 Å². The zero-order chi connectivity index (χ0) is 11.9. The van der Waals surface area contributed by atoms with E-state index >= 15 is 0 Å². The summed E-state index contributed by atoms with van der Waals surface area (Å²) in [4.78, 5) is 0. The first-order valence-electron chi connectivity index (χ1n) is 4.47. The van der Waals surface area contributed by atoms with Crippen molar-refractivity contribution in [3.05, 3.63) is 0 Å². The zero-order valence-corrected chi connectivity index (χ0v) is 10.0. The molecule has 0 aromatic rings. The Bertz CT molecular complexity index is 319. The molecule has 0 aliphatic carbocycles. The highest BCUT2D eigenvalue weighted by Crippen LogP contribution is 2.10. The van der Waals surface area contributed by atoms with Gasteiger partial charge in [0.15, 0.2) is 0 Å². The van der Waals surface area contributed by atoms with Crippen LogP contribution < -0.4 is 9.44 Å². The molecule has 0 radical (unpaired) electrons. The summed E-state index contributed by atoms with van der Waals surface area (Å²) in [6, 6.07) is 2.00. The van der Waals surface area contributed by atoms with Gasteiger partial charge in [-0.05, 0) is 13.8 Å². The Balaban J connectivity index is 4.01. The molecular weight excluding hydrogens is 218 g/mol. The summed E-state index contributed by atoms with van der Waals surface area (Å²) in [6.45, 7) is 3.91. The predicted molar refractivity (Wildman–Crippen MR) is 56.2 cm³/mol. The van der Waals surface area contributed by atoms with Crippen LogP contribution in [-0.2, 0) is 14.9 Å². The molecule has 0 atom stereocenters. The van der Waals surface area contributed by atoms with Gasteiger partial charge in [-0.2, -0.15) is 18.4 Å². The molecule has 0 saturated heterocycles. The van der Waals surface area contributed by atoms with Crippen molar-refractivity contribution in [2.45, 2.75) is 13.8 Å². The van der Waals surface area contributed by atoms with Crippen molar-refractivity contribution in [2.75, 3.05) is 26.8 Å². The quantitative estimate of drug-likeness (QED) is 0.588. The maximum Gasteiger partial charge on any atom is 0.277 e. The highest BCUT2D eigenvalue weighted by atomic mass is 32.2. The van der Waals surface area contributed by atoms with Gasteiger partial charge in [0.1, 0.15) is 0 Å². The van der Waals surface area contributed by atoms with Crippen LogP contribution in [0.2, 0.25) is 0 Å². The van der Waals surface area contributed by atoms with Gasteiger partial charge in [-0.25, -0.2) is 4.72 Å². The summed E-state index contributed by atoms with van der Waals surface area (Å²) >= 11 is 0. The molecule has 7 heteroatoms. The van der Waals surface area contributed by atoms with E-state index in [9.17, 15) is 8.42 Å². The molecule has 0 heterocycles. The molecule has 0 aromatic heterocycles. The van der Waals surface area contributed by atoms with E-state index in [0.717, 1.165) is 0 Å². The minimum Gasteiger partial charge on any atom is -0.383 e. The Morgan fingerprint density at radius 3 is 2.47 bits per heavy atom. The number of nitrogens with zero attached hydrogens (tertiary/aromatic N) is 1. The molecule has 0 aliphatic rings. The van der Waals surface area contributed by atoms with Crippen molar-refractivity contribution in [1.29, 1.82) is 5.26 Å². The molecule has 15 heavy (non-hydrogen) atoms. The third-order valence-electron chi connectivity index (χ3n) is 1.61. The number of methoxy groups -OCH3 is 1. The van der Waals surface area contributed by atoms with Crippen molar-refractivity contribution < 1.29 is 13.2 Å². The fraction of sp³-hybridized carbons (Fsp3) is 0.875. The van der Waals surface area contributed by atoms with Gasteiger partial charge in [0.05, 0.1) is 18.1 Å². The molecule has 0 aromatic carbocycles. The molecule has 0 fully saturated rings. The van der Waals surface area contributed by atoms with Gasteiger partial charge >= 0.3 is 0 Å². The normalized spacial score (nSPS) is 12.4. The average molecular weight is 235 g/mol. The van der Waals surface area contributed by atoms with Gasteiger partial charge < -0.3 is 4.74 Å². The molecule has 0 bridgehead atoms. The van der Waals surface area contributed by atoms with E-state index in [2.05, 4.69) is 9.44 Å². The van der Waals surface area contributed by atoms with Gasteiger partial charge in [0.2, 0.25) is 0 Å². The fourth-order valence-electron chi connectivity index (χ4n) is 0.644. The number of ether oxygens (including phenoxy) is 1. The summed E-state index contributed by atoms with van der Waals surface area (Å²) in [5.41, 5.74) is -0.712. The number of nitrogens with one attached hydrogen (secondary N) is 2. The summed E-state index contributed by atoms with van der Waals surface area (Å²) in [5, 5.41) is 8.68. The Morgan fingerprint density at radius 1 is 1.40 bits per heavy atom. The lowest BCUT2D eigenvalue weighted by atomic mass is 9.97. The average Bonchev–Trinajstić information content (AvgIpc) is 2.16. The van der Waals surface area contributed by atoms with Crippen LogP contribution in [0.25, 0.3) is 0 Å². The summed E-state index contributed by atoms with van der Waals surface area (Å²) in [5.74, 6) is 0. The minimum atomic E-state index is -3.53. The Hall–Kier alpha value is -0.680. The monoisotopic (exact) mass is 235 g/mol. The van der Waals surface area contributed by atoms with E-state index in [1.54, 1.807) is 13.8 Å². The first-order chi connectivity index (χ1) is 6.83. The van der Waals surface area contributed by atoms with Crippen LogP contribution in [0.15, 0.2) is 0 Å². The SMILES string of the molecule is COCCNS(=O)(=O)NCC(C)(C)C#N. The van der Waals surface area contributed by atoms with Crippen LogP contribution in [0, 0.1) is 16.7 Å². The summed E-state index contributed by atoms with van der Waals surface area (Å²) in [6.07, 6.45) is 0. The summed E-state index contributed by atoms with van der Waals surface area (Å²) in [7, 11) is -2.04. The Labute approximate surface area is 90.8 Å². The molecule has 0 unspecified atom stereocenters. The maximum absolute atomic E-state index is 11.3. The largest absolute Gasteiger partial charge is 0.383 e. The number of nitriles is 1. The predicted octanol–water partition coefficient (Wildman–Crippen LogP) is -0.393. The van der Waals surface area contributed by atoms with Gasteiger partial charge in [-0.1, -0.05) is 0 Å². The summed E-state index contributed by atoms with van der Waals surface area (Å²) < 4.78 is 31.8. The van der Waals surface area contributed by atoms with Gasteiger partial charge in [-0.15, -0.1) is 0 Å². The first kappa shape index (κ1) is 14.3. The molecule has 0 spiro atoms. The third kappa shape index (κ3) is 7.27.